The Hall–Kier alpha value is -4.13. The molecule has 0 radical (unpaired) electrons. The second-order valence-corrected chi connectivity index (χ2v) is 8.77. The predicted octanol–water partition coefficient (Wildman–Crippen LogP) is 6.34. The molecule has 6 nitrogen and oxygen atoms in total. The van der Waals surface area contributed by atoms with Crippen LogP contribution in [0.25, 0.3) is 32.8 Å². The SMILES string of the molecule is Cc1nn(C)c(C)c1-c1c(C(=O)O)[nH]c2ccc(CCC(F)Oc3cccc4ccccc34)cc12. The third-order valence-corrected chi connectivity index (χ3v) is 6.50. The number of benzene rings is 3. The first-order valence-electron chi connectivity index (χ1n) is 11.5. The van der Waals surface area contributed by atoms with E-state index in [-0.39, 0.29) is 12.1 Å². The van der Waals surface area contributed by atoms with E-state index in [1.54, 1.807) is 10.7 Å². The van der Waals surface area contributed by atoms with Crippen molar-refractivity contribution in [2.75, 3.05) is 0 Å². The van der Waals surface area contributed by atoms with Crippen LogP contribution < -0.4 is 4.74 Å². The molecule has 0 aliphatic carbocycles. The molecular weight excluding hydrogens is 445 g/mol. The number of carboxylic acid groups (broad SMARTS) is 1. The van der Waals surface area contributed by atoms with Crippen molar-refractivity contribution in [3.63, 3.8) is 0 Å². The minimum atomic E-state index is -1.47. The number of carboxylic acids is 1. The third-order valence-electron chi connectivity index (χ3n) is 6.50. The molecule has 2 N–H and O–H groups in total. The summed E-state index contributed by atoms with van der Waals surface area (Å²) in [7, 11) is 1.84. The summed E-state index contributed by atoms with van der Waals surface area (Å²) in [6, 6.07) is 19.0. The standard InChI is InChI=1S/C28H26FN3O3/c1-16-25(17(2)32(3)31-16)26-21-15-18(11-13-22(21)30-27(26)28(33)34)12-14-24(29)35-23-10-6-8-19-7-4-5-9-20(19)23/h4-11,13,15,24,30H,12,14H2,1-3H3,(H,33,34). The highest BCUT2D eigenvalue weighted by molar-refractivity contribution is 6.08. The Labute approximate surface area is 202 Å². The summed E-state index contributed by atoms with van der Waals surface area (Å²) >= 11 is 0. The van der Waals surface area contributed by atoms with Gasteiger partial charge in [-0.2, -0.15) is 5.10 Å². The minimum Gasteiger partial charge on any atom is -0.477 e. The number of hydrogen-bond acceptors (Lipinski definition) is 3. The first-order chi connectivity index (χ1) is 16.8. The number of carbonyl (C=O) groups is 1. The van der Waals surface area contributed by atoms with Crippen LogP contribution in [0.4, 0.5) is 4.39 Å². The van der Waals surface area contributed by atoms with E-state index in [4.69, 9.17) is 4.74 Å². The van der Waals surface area contributed by atoms with Gasteiger partial charge in [0.15, 0.2) is 0 Å². The van der Waals surface area contributed by atoms with Crippen LogP contribution in [-0.2, 0) is 13.5 Å². The summed E-state index contributed by atoms with van der Waals surface area (Å²) in [5.74, 6) is -0.514. The van der Waals surface area contributed by atoms with E-state index in [0.29, 0.717) is 23.3 Å². The zero-order valence-electron chi connectivity index (χ0n) is 19.8. The van der Waals surface area contributed by atoms with Gasteiger partial charge in [0, 0.05) is 46.6 Å². The second-order valence-electron chi connectivity index (χ2n) is 8.77. The molecule has 0 aliphatic rings. The highest BCUT2D eigenvalue weighted by Gasteiger charge is 2.24. The number of ether oxygens (including phenoxy) is 1. The molecule has 7 heteroatoms. The fourth-order valence-electron chi connectivity index (χ4n) is 4.73. The highest BCUT2D eigenvalue weighted by atomic mass is 19.1. The molecule has 1 atom stereocenters. The summed E-state index contributed by atoms with van der Waals surface area (Å²) in [6.07, 6.45) is -0.856. The molecule has 5 aromatic rings. The number of halogens is 1. The van der Waals surface area contributed by atoms with Crippen LogP contribution >= 0.6 is 0 Å². The monoisotopic (exact) mass is 471 g/mol. The molecule has 178 valence electrons. The molecular formula is C28H26FN3O3. The van der Waals surface area contributed by atoms with Crippen LogP contribution in [0.15, 0.2) is 60.7 Å². The fourth-order valence-corrected chi connectivity index (χ4v) is 4.73. The van der Waals surface area contributed by atoms with Gasteiger partial charge in [0.05, 0.1) is 5.69 Å². The van der Waals surface area contributed by atoms with Gasteiger partial charge in [-0.05, 0) is 49.4 Å². The van der Waals surface area contributed by atoms with Gasteiger partial charge in [-0.25, -0.2) is 9.18 Å². The van der Waals surface area contributed by atoms with Crippen molar-refractivity contribution in [2.45, 2.75) is 33.0 Å². The van der Waals surface area contributed by atoms with E-state index in [9.17, 15) is 14.3 Å². The van der Waals surface area contributed by atoms with E-state index in [0.717, 1.165) is 38.7 Å². The number of aromatic carboxylic acids is 1. The molecule has 2 aromatic heterocycles. The number of nitrogens with zero attached hydrogens (tertiary/aromatic N) is 2. The number of alkyl halides is 1. The van der Waals surface area contributed by atoms with Gasteiger partial charge in [0.25, 0.3) is 0 Å². The van der Waals surface area contributed by atoms with Crippen LogP contribution in [-0.4, -0.2) is 32.2 Å². The first kappa shape index (κ1) is 22.7. The highest BCUT2D eigenvalue weighted by Crippen LogP contribution is 2.37. The van der Waals surface area contributed by atoms with Crippen LogP contribution in [0.1, 0.15) is 33.9 Å². The van der Waals surface area contributed by atoms with Crippen molar-refractivity contribution < 1.29 is 19.0 Å². The second kappa shape index (κ2) is 8.91. The lowest BCUT2D eigenvalue weighted by atomic mass is 9.98. The van der Waals surface area contributed by atoms with E-state index >= 15 is 0 Å². The summed E-state index contributed by atoms with van der Waals surface area (Å²) < 4.78 is 22.2. The van der Waals surface area contributed by atoms with Crippen LogP contribution in [0.5, 0.6) is 5.75 Å². The van der Waals surface area contributed by atoms with Gasteiger partial charge in [0.2, 0.25) is 6.36 Å². The fraction of sp³-hybridized carbons (Fsp3) is 0.214. The Morgan fingerprint density at radius 2 is 1.86 bits per heavy atom. The Morgan fingerprint density at radius 3 is 2.60 bits per heavy atom. The maximum absolute atomic E-state index is 14.9. The summed E-state index contributed by atoms with van der Waals surface area (Å²) in [4.78, 5) is 15.1. The molecule has 0 saturated heterocycles. The molecule has 0 amide bonds. The molecule has 0 fully saturated rings. The topological polar surface area (TPSA) is 80.1 Å². The Kier molecular flexibility index (Phi) is 5.76. The number of hydrogen-bond donors (Lipinski definition) is 2. The zero-order valence-corrected chi connectivity index (χ0v) is 19.8. The molecule has 5 rings (SSSR count). The van der Waals surface area contributed by atoms with Crippen LogP contribution in [0.2, 0.25) is 0 Å². The smallest absolute Gasteiger partial charge is 0.352 e. The van der Waals surface area contributed by atoms with Crippen molar-refractivity contribution in [3.05, 3.63) is 83.3 Å². The van der Waals surface area contributed by atoms with Gasteiger partial charge in [0.1, 0.15) is 11.4 Å². The van der Waals surface area contributed by atoms with Crippen molar-refractivity contribution >= 4 is 27.6 Å². The molecule has 2 heterocycles. The maximum Gasteiger partial charge on any atom is 0.352 e. The number of aromatic amines is 1. The summed E-state index contributed by atoms with van der Waals surface area (Å²) in [5, 5.41) is 17.0. The van der Waals surface area contributed by atoms with Crippen molar-refractivity contribution in [1.29, 1.82) is 0 Å². The Morgan fingerprint density at radius 1 is 1.09 bits per heavy atom. The Bertz CT molecular complexity index is 1560. The van der Waals surface area contributed by atoms with Gasteiger partial charge in [-0.15, -0.1) is 0 Å². The molecule has 1 unspecified atom stereocenters. The van der Waals surface area contributed by atoms with Crippen molar-refractivity contribution in [2.24, 2.45) is 7.05 Å². The largest absolute Gasteiger partial charge is 0.477 e. The van der Waals surface area contributed by atoms with E-state index < -0.39 is 12.3 Å². The van der Waals surface area contributed by atoms with Gasteiger partial charge < -0.3 is 14.8 Å². The van der Waals surface area contributed by atoms with Crippen LogP contribution in [0.3, 0.4) is 0 Å². The molecule has 0 spiro atoms. The average molecular weight is 472 g/mol. The summed E-state index contributed by atoms with van der Waals surface area (Å²) in [6.45, 7) is 3.79. The molecule has 0 saturated carbocycles. The van der Waals surface area contributed by atoms with Crippen molar-refractivity contribution in [3.8, 4) is 16.9 Å². The number of aryl methyl sites for hydroxylation is 3. The Balaban J connectivity index is 1.43. The lowest BCUT2D eigenvalue weighted by Crippen LogP contribution is -2.11. The normalized spacial score (nSPS) is 12.3. The van der Waals surface area contributed by atoms with E-state index in [1.165, 1.54) is 0 Å². The van der Waals surface area contributed by atoms with E-state index in [2.05, 4.69) is 10.1 Å². The number of rotatable bonds is 7. The molecule has 0 aliphatic heterocycles. The van der Waals surface area contributed by atoms with Gasteiger partial charge in [-0.3, -0.25) is 4.68 Å². The minimum absolute atomic E-state index is 0.124. The molecule has 35 heavy (non-hydrogen) atoms. The maximum atomic E-state index is 14.9. The number of fused-ring (bicyclic) bond motifs is 2. The molecule has 0 bridgehead atoms. The number of nitrogens with one attached hydrogen (secondary N) is 1. The predicted molar refractivity (Wildman–Crippen MR) is 135 cm³/mol. The van der Waals surface area contributed by atoms with Gasteiger partial charge >= 0.3 is 5.97 Å². The van der Waals surface area contributed by atoms with Crippen LogP contribution in [0, 0.1) is 13.8 Å². The van der Waals surface area contributed by atoms with E-state index in [1.807, 2.05) is 75.5 Å². The zero-order chi connectivity index (χ0) is 24.7. The number of aromatic nitrogens is 3. The lowest BCUT2D eigenvalue weighted by Gasteiger charge is -2.13. The van der Waals surface area contributed by atoms with Crippen molar-refractivity contribution in [1.82, 2.24) is 14.8 Å². The number of H-pyrrole nitrogens is 1. The first-order valence-corrected chi connectivity index (χ1v) is 11.5. The molecule has 3 aromatic carbocycles. The third kappa shape index (κ3) is 4.14. The lowest BCUT2D eigenvalue weighted by molar-refractivity contribution is 0.0613. The average Bonchev–Trinajstić information content (AvgIpc) is 3.33. The quantitative estimate of drug-likeness (QED) is 0.290. The van der Waals surface area contributed by atoms with Gasteiger partial charge in [-0.1, -0.05) is 42.5 Å². The summed E-state index contributed by atoms with van der Waals surface area (Å²) in [5.41, 5.74) is 4.79.